The van der Waals surface area contributed by atoms with Crippen LogP contribution in [0.1, 0.15) is 42.2 Å². The minimum atomic E-state index is 0.0293. The summed E-state index contributed by atoms with van der Waals surface area (Å²) in [6.45, 7) is 8.09. The molecule has 2 atom stereocenters. The summed E-state index contributed by atoms with van der Waals surface area (Å²) in [6, 6.07) is 8.53. The van der Waals surface area contributed by atoms with E-state index in [0.717, 1.165) is 18.1 Å². The first kappa shape index (κ1) is 13.7. The third kappa shape index (κ3) is 2.84. The van der Waals surface area contributed by atoms with Crippen molar-refractivity contribution >= 4 is 0 Å². The monoisotopic (exact) mass is 258 g/mol. The summed E-state index contributed by atoms with van der Waals surface area (Å²) in [4.78, 5) is 4.39. The van der Waals surface area contributed by atoms with E-state index >= 15 is 0 Å². The number of hydrogen-bond acceptors (Lipinski definition) is 3. The Bertz CT molecular complexity index is 559. The second-order valence-electron chi connectivity index (χ2n) is 5.08. The molecule has 0 aliphatic heterocycles. The van der Waals surface area contributed by atoms with Crippen molar-refractivity contribution in [1.29, 1.82) is 0 Å². The summed E-state index contributed by atoms with van der Waals surface area (Å²) in [7, 11) is 0. The van der Waals surface area contributed by atoms with Gasteiger partial charge in [0.2, 0.25) is 0 Å². The summed E-state index contributed by atoms with van der Waals surface area (Å²) in [5, 5.41) is 4.51. The number of rotatable bonds is 4. The van der Waals surface area contributed by atoms with Gasteiger partial charge in [-0.25, -0.2) is 9.67 Å². The first-order chi connectivity index (χ1) is 9.02. The molecule has 0 fully saturated rings. The maximum Gasteiger partial charge on any atom is 0.147 e. The van der Waals surface area contributed by atoms with Crippen molar-refractivity contribution in [3.8, 4) is 0 Å². The number of hydrogen-bond donors (Lipinski definition) is 1. The third-order valence-corrected chi connectivity index (χ3v) is 3.43. The van der Waals surface area contributed by atoms with Crippen LogP contribution >= 0.6 is 0 Å². The number of nitrogens with zero attached hydrogens (tertiary/aromatic N) is 3. The Morgan fingerprint density at radius 3 is 2.53 bits per heavy atom. The Labute approximate surface area is 114 Å². The molecular weight excluding hydrogens is 236 g/mol. The Morgan fingerprint density at radius 1 is 1.26 bits per heavy atom. The van der Waals surface area contributed by atoms with Gasteiger partial charge in [0.05, 0.1) is 6.04 Å². The van der Waals surface area contributed by atoms with Gasteiger partial charge in [0, 0.05) is 6.04 Å². The number of benzene rings is 1. The van der Waals surface area contributed by atoms with E-state index < -0.39 is 0 Å². The molecule has 1 heterocycles. The highest BCUT2D eigenvalue weighted by Crippen LogP contribution is 2.24. The van der Waals surface area contributed by atoms with Crippen molar-refractivity contribution < 1.29 is 0 Å². The molecule has 4 heteroatoms. The van der Waals surface area contributed by atoms with E-state index in [1.54, 1.807) is 0 Å². The highest BCUT2D eigenvalue weighted by Gasteiger charge is 2.23. The quantitative estimate of drug-likeness (QED) is 0.916. The lowest BCUT2D eigenvalue weighted by Gasteiger charge is -2.25. The molecule has 0 saturated heterocycles. The van der Waals surface area contributed by atoms with Crippen molar-refractivity contribution in [2.75, 3.05) is 0 Å². The standard InChI is InChI=1S/C15H22N4/c1-5-14(16)15(13-8-6-7-10(2)9-13)19-12(4)17-11(3)18-19/h6-9,14-15H,5,16H2,1-4H3. The predicted octanol–water partition coefficient (Wildman–Crippen LogP) is 2.53. The summed E-state index contributed by atoms with van der Waals surface area (Å²) >= 11 is 0. The molecule has 2 rings (SSSR count). The van der Waals surface area contributed by atoms with E-state index in [1.807, 2.05) is 18.5 Å². The highest BCUT2D eigenvalue weighted by molar-refractivity contribution is 5.27. The molecule has 102 valence electrons. The molecule has 0 aliphatic carbocycles. The molecule has 0 aliphatic rings. The Morgan fingerprint density at radius 2 is 2.00 bits per heavy atom. The van der Waals surface area contributed by atoms with Gasteiger partial charge in [-0.15, -0.1) is 0 Å². The van der Waals surface area contributed by atoms with E-state index in [0.29, 0.717) is 0 Å². The molecular formula is C15H22N4. The first-order valence-electron chi connectivity index (χ1n) is 6.74. The maximum absolute atomic E-state index is 6.32. The summed E-state index contributed by atoms with van der Waals surface area (Å²) in [5.41, 5.74) is 8.75. The average Bonchev–Trinajstić information content (AvgIpc) is 2.69. The second kappa shape index (κ2) is 5.53. The summed E-state index contributed by atoms with van der Waals surface area (Å²) < 4.78 is 1.96. The molecule has 1 aromatic heterocycles. The number of aromatic nitrogens is 3. The van der Waals surface area contributed by atoms with Gasteiger partial charge in [0.15, 0.2) is 0 Å². The molecule has 2 aromatic rings. The zero-order chi connectivity index (χ0) is 14.0. The highest BCUT2D eigenvalue weighted by atomic mass is 15.4. The molecule has 0 saturated carbocycles. The minimum absolute atomic E-state index is 0.0293. The van der Waals surface area contributed by atoms with Gasteiger partial charge in [-0.3, -0.25) is 0 Å². The van der Waals surface area contributed by atoms with E-state index in [9.17, 15) is 0 Å². The zero-order valence-corrected chi connectivity index (χ0v) is 12.1. The molecule has 4 nitrogen and oxygen atoms in total. The van der Waals surface area contributed by atoms with Crippen molar-refractivity contribution in [1.82, 2.24) is 14.8 Å². The number of nitrogens with two attached hydrogens (primary N) is 1. The molecule has 2 unspecified atom stereocenters. The van der Waals surface area contributed by atoms with Crippen molar-refractivity contribution in [3.05, 3.63) is 47.0 Å². The van der Waals surface area contributed by atoms with Crippen LogP contribution in [0.4, 0.5) is 0 Å². The van der Waals surface area contributed by atoms with Crippen LogP contribution in [0.15, 0.2) is 24.3 Å². The number of aryl methyl sites for hydroxylation is 3. The topological polar surface area (TPSA) is 56.7 Å². The van der Waals surface area contributed by atoms with Gasteiger partial charge in [-0.05, 0) is 32.8 Å². The third-order valence-electron chi connectivity index (χ3n) is 3.43. The van der Waals surface area contributed by atoms with Crippen LogP contribution in [0.5, 0.6) is 0 Å². The van der Waals surface area contributed by atoms with Gasteiger partial charge in [-0.2, -0.15) is 5.10 Å². The van der Waals surface area contributed by atoms with Crippen LogP contribution in [-0.2, 0) is 0 Å². The Kier molecular flexibility index (Phi) is 4.00. The van der Waals surface area contributed by atoms with E-state index in [1.165, 1.54) is 11.1 Å². The van der Waals surface area contributed by atoms with Crippen LogP contribution < -0.4 is 5.73 Å². The van der Waals surface area contributed by atoms with Crippen molar-refractivity contribution in [2.45, 2.75) is 46.2 Å². The summed E-state index contributed by atoms with van der Waals surface area (Å²) in [5.74, 6) is 1.70. The summed E-state index contributed by atoms with van der Waals surface area (Å²) in [6.07, 6.45) is 0.900. The normalized spacial score (nSPS) is 14.4. The zero-order valence-electron chi connectivity index (χ0n) is 12.1. The molecule has 0 bridgehead atoms. The average molecular weight is 258 g/mol. The fourth-order valence-electron chi connectivity index (χ4n) is 2.45. The molecule has 0 amide bonds. The van der Waals surface area contributed by atoms with Crippen LogP contribution in [-0.4, -0.2) is 20.8 Å². The SMILES string of the molecule is CCC(N)C(c1cccc(C)c1)n1nc(C)nc1C. The van der Waals surface area contributed by atoms with Crippen LogP contribution in [0.2, 0.25) is 0 Å². The predicted molar refractivity (Wildman–Crippen MR) is 77.1 cm³/mol. The van der Waals surface area contributed by atoms with E-state index in [2.05, 4.69) is 48.2 Å². The Hall–Kier alpha value is -1.68. The van der Waals surface area contributed by atoms with Crippen LogP contribution in [0.3, 0.4) is 0 Å². The van der Waals surface area contributed by atoms with Crippen molar-refractivity contribution in [2.24, 2.45) is 5.73 Å². The molecule has 0 spiro atoms. The van der Waals surface area contributed by atoms with Crippen LogP contribution in [0, 0.1) is 20.8 Å². The first-order valence-corrected chi connectivity index (χ1v) is 6.74. The lowest BCUT2D eigenvalue weighted by molar-refractivity contribution is 0.414. The lowest BCUT2D eigenvalue weighted by Crippen LogP contribution is -2.33. The van der Waals surface area contributed by atoms with E-state index in [4.69, 9.17) is 5.73 Å². The maximum atomic E-state index is 6.32. The van der Waals surface area contributed by atoms with Gasteiger partial charge in [-0.1, -0.05) is 36.8 Å². The Balaban J connectivity index is 2.50. The fraction of sp³-hybridized carbons (Fsp3) is 0.467. The lowest BCUT2D eigenvalue weighted by atomic mass is 9.97. The molecule has 0 radical (unpaired) electrons. The van der Waals surface area contributed by atoms with Gasteiger partial charge in [0.25, 0.3) is 0 Å². The van der Waals surface area contributed by atoms with Gasteiger partial charge < -0.3 is 5.73 Å². The molecule has 2 N–H and O–H groups in total. The van der Waals surface area contributed by atoms with Gasteiger partial charge >= 0.3 is 0 Å². The minimum Gasteiger partial charge on any atom is -0.326 e. The second-order valence-corrected chi connectivity index (χ2v) is 5.08. The van der Waals surface area contributed by atoms with E-state index in [-0.39, 0.29) is 12.1 Å². The largest absolute Gasteiger partial charge is 0.326 e. The fourth-order valence-corrected chi connectivity index (χ4v) is 2.45. The molecule has 1 aromatic carbocycles. The molecule has 19 heavy (non-hydrogen) atoms. The van der Waals surface area contributed by atoms with Crippen molar-refractivity contribution in [3.63, 3.8) is 0 Å². The van der Waals surface area contributed by atoms with Gasteiger partial charge in [0.1, 0.15) is 11.6 Å². The smallest absolute Gasteiger partial charge is 0.147 e. The van der Waals surface area contributed by atoms with Crippen LogP contribution in [0.25, 0.3) is 0 Å².